The maximum Gasteiger partial charge on any atom is 0.208 e. The predicted octanol–water partition coefficient (Wildman–Crippen LogP) is -0.694. The molecule has 1 atom stereocenters. The van der Waals surface area contributed by atoms with E-state index in [1.54, 1.807) is 6.92 Å². The number of hydrogen-bond acceptors (Lipinski definition) is 3. The van der Waals surface area contributed by atoms with E-state index >= 15 is 0 Å². The number of hydrogen-bond donors (Lipinski definition) is 2. The highest BCUT2D eigenvalue weighted by atomic mass is 32.2. The molecule has 0 aromatic rings. The number of nitrogens with one attached hydrogen (secondary N) is 1. The third-order valence-corrected chi connectivity index (χ3v) is 1.65. The van der Waals surface area contributed by atoms with E-state index < -0.39 is 16.1 Å². The Morgan fingerprint density at radius 2 is 2.10 bits per heavy atom. The third kappa shape index (κ3) is 7.87. The van der Waals surface area contributed by atoms with E-state index in [-0.39, 0.29) is 0 Å². The van der Waals surface area contributed by atoms with Gasteiger partial charge in [-0.05, 0) is 13.3 Å². The van der Waals surface area contributed by atoms with Crippen LogP contribution in [0.5, 0.6) is 0 Å². The molecule has 0 bridgehead atoms. The van der Waals surface area contributed by atoms with Gasteiger partial charge in [0, 0.05) is 6.54 Å². The Hall–Kier alpha value is -0.130. The van der Waals surface area contributed by atoms with E-state index in [0.717, 1.165) is 6.26 Å². The summed E-state index contributed by atoms with van der Waals surface area (Å²) in [5, 5.41) is 8.71. The van der Waals surface area contributed by atoms with Crippen molar-refractivity contribution in [3.8, 4) is 0 Å². The summed E-state index contributed by atoms with van der Waals surface area (Å²) in [5.41, 5.74) is 0. The SMILES string of the molecule is C[C@H](O)CCNS(C)(=O)=O. The molecule has 2 N–H and O–H groups in total. The monoisotopic (exact) mass is 167 g/mol. The molecule has 0 fully saturated rings. The van der Waals surface area contributed by atoms with Crippen LogP contribution in [0.15, 0.2) is 0 Å². The van der Waals surface area contributed by atoms with Crippen LogP contribution in [0.1, 0.15) is 13.3 Å². The molecule has 0 aromatic carbocycles. The largest absolute Gasteiger partial charge is 0.393 e. The maximum atomic E-state index is 10.4. The fourth-order valence-electron chi connectivity index (χ4n) is 0.453. The number of aliphatic hydroxyl groups excluding tert-OH is 1. The predicted molar refractivity (Wildman–Crippen MR) is 39.1 cm³/mol. The third-order valence-electron chi connectivity index (χ3n) is 0.926. The molecule has 4 nitrogen and oxygen atoms in total. The summed E-state index contributed by atoms with van der Waals surface area (Å²) < 4.78 is 23.1. The normalized spacial score (nSPS) is 15.1. The highest BCUT2D eigenvalue weighted by molar-refractivity contribution is 7.88. The second-order valence-electron chi connectivity index (χ2n) is 2.30. The lowest BCUT2D eigenvalue weighted by Gasteiger charge is -2.03. The summed E-state index contributed by atoms with van der Waals surface area (Å²) in [7, 11) is -3.08. The fourth-order valence-corrected chi connectivity index (χ4v) is 0.942. The molecule has 62 valence electrons. The van der Waals surface area contributed by atoms with Crippen LogP contribution in [0, 0.1) is 0 Å². The number of sulfonamides is 1. The molecule has 0 rings (SSSR count). The quantitative estimate of drug-likeness (QED) is 0.582. The first-order chi connectivity index (χ1) is 4.42. The molecular weight excluding hydrogens is 154 g/mol. The topological polar surface area (TPSA) is 66.4 Å². The Kier molecular flexibility index (Phi) is 3.85. The van der Waals surface area contributed by atoms with Crippen molar-refractivity contribution in [2.45, 2.75) is 19.4 Å². The maximum absolute atomic E-state index is 10.4. The van der Waals surface area contributed by atoms with Gasteiger partial charge in [0.15, 0.2) is 0 Å². The molecule has 0 saturated carbocycles. The van der Waals surface area contributed by atoms with E-state index in [1.165, 1.54) is 0 Å². The van der Waals surface area contributed by atoms with Gasteiger partial charge in [-0.3, -0.25) is 0 Å². The van der Waals surface area contributed by atoms with E-state index in [1.807, 2.05) is 0 Å². The van der Waals surface area contributed by atoms with Crippen LogP contribution >= 0.6 is 0 Å². The average Bonchev–Trinajstić information content (AvgIpc) is 1.59. The molecule has 0 amide bonds. The summed E-state index contributed by atoms with van der Waals surface area (Å²) in [4.78, 5) is 0. The average molecular weight is 167 g/mol. The molecule has 0 aliphatic rings. The molecule has 10 heavy (non-hydrogen) atoms. The molecule has 0 aliphatic heterocycles. The number of rotatable bonds is 4. The minimum atomic E-state index is -3.08. The van der Waals surface area contributed by atoms with E-state index in [2.05, 4.69) is 4.72 Å². The van der Waals surface area contributed by atoms with Gasteiger partial charge in [-0.2, -0.15) is 0 Å². The van der Waals surface area contributed by atoms with Crippen molar-refractivity contribution in [1.82, 2.24) is 4.72 Å². The first-order valence-corrected chi connectivity index (χ1v) is 4.93. The first-order valence-electron chi connectivity index (χ1n) is 3.04. The minimum Gasteiger partial charge on any atom is -0.393 e. The second kappa shape index (κ2) is 3.90. The van der Waals surface area contributed by atoms with Gasteiger partial charge in [-0.25, -0.2) is 13.1 Å². The summed E-state index contributed by atoms with van der Waals surface area (Å²) in [5.74, 6) is 0. The van der Waals surface area contributed by atoms with Crippen molar-refractivity contribution in [3.05, 3.63) is 0 Å². The van der Waals surface area contributed by atoms with Crippen molar-refractivity contribution in [1.29, 1.82) is 0 Å². The van der Waals surface area contributed by atoms with Gasteiger partial charge >= 0.3 is 0 Å². The highest BCUT2D eigenvalue weighted by Gasteiger charge is 2.00. The fraction of sp³-hybridized carbons (Fsp3) is 1.00. The van der Waals surface area contributed by atoms with Crippen molar-refractivity contribution < 1.29 is 13.5 Å². The van der Waals surface area contributed by atoms with Crippen molar-refractivity contribution in [3.63, 3.8) is 0 Å². The zero-order valence-electron chi connectivity index (χ0n) is 6.16. The zero-order chi connectivity index (χ0) is 8.20. The Morgan fingerprint density at radius 1 is 1.60 bits per heavy atom. The first kappa shape index (κ1) is 9.87. The molecule has 0 saturated heterocycles. The molecule has 0 aromatic heterocycles. The molecule has 0 spiro atoms. The van der Waals surface area contributed by atoms with Crippen molar-refractivity contribution in [2.24, 2.45) is 0 Å². The van der Waals surface area contributed by atoms with Crippen LogP contribution in [0.2, 0.25) is 0 Å². The van der Waals surface area contributed by atoms with Crippen LogP contribution in [0.4, 0.5) is 0 Å². The lowest BCUT2D eigenvalue weighted by molar-refractivity contribution is 0.186. The van der Waals surface area contributed by atoms with Crippen LogP contribution < -0.4 is 4.72 Å². The Bertz CT molecular complexity index is 173. The zero-order valence-corrected chi connectivity index (χ0v) is 6.98. The van der Waals surface area contributed by atoms with Crippen LogP contribution in [0.3, 0.4) is 0 Å². The summed E-state index contributed by atoms with van der Waals surface area (Å²) >= 11 is 0. The van der Waals surface area contributed by atoms with Crippen molar-refractivity contribution >= 4 is 10.0 Å². The summed E-state index contributed by atoms with van der Waals surface area (Å²) in [6.07, 6.45) is 1.09. The molecule has 5 heteroatoms. The molecule has 0 heterocycles. The van der Waals surface area contributed by atoms with Gasteiger partial charge in [0.05, 0.1) is 12.4 Å². The van der Waals surface area contributed by atoms with E-state index in [0.29, 0.717) is 13.0 Å². The molecule has 0 unspecified atom stereocenters. The second-order valence-corrected chi connectivity index (χ2v) is 4.14. The summed E-state index contributed by atoms with van der Waals surface area (Å²) in [6.45, 7) is 1.92. The molecule has 0 radical (unpaired) electrons. The molecular formula is C5H13NO3S. The van der Waals surface area contributed by atoms with Gasteiger partial charge in [-0.1, -0.05) is 0 Å². The Labute approximate surface area is 61.3 Å². The Morgan fingerprint density at radius 3 is 2.40 bits per heavy atom. The van der Waals surface area contributed by atoms with Gasteiger partial charge in [0.25, 0.3) is 0 Å². The smallest absolute Gasteiger partial charge is 0.208 e. The highest BCUT2D eigenvalue weighted by Crippen LogP contribution is 1.86. The van der Waals surface area contributed by atoms with Gasteiger partial charge in [-0.15, -0.1) is 0 Å². The molecule has 0 aliphatic carbocycles. The van der Waals surface area contributed by atoms with Crippen LogP contribution in [-0.4, -0.2) is 32.4 Å². The van der Waals surface area contributed by atoms with Crippen LogP contribution in [0.25, 0.3) is 0 Å². The lowest BCUT2D eigenvalue weighted by atomic mass is 10.3. The number of aliphatic hydroxyl groups is 1. The van der Waals surface area contributed by atoms with Gasteiger partial charge in [0.2, 0.25) is 10.0 Å². The van der Waals surface area contributed by atoms with Gasteiger partial charge in [0.1, 0.15) is 0 Å². The Balaban J connectivity index is 3.39. The van der Waals surface area contributed by atoms with Crippen LogP contribution in [-0.2, 0) is 10.0 Å². The standard InChI is InChI=1S/C5H13NO3S/c1-5(7)3-4-6-10(2,8)9/h5-7H,3-4H2,1-2H3/t5-/m0/s1. The van der Waals surface area contributed by atoms with Crippen molar-refractivity contribution in [2.75, 3.05) is 12.8 Å². The van der Waals surface area contributed by atoms with E-state index in [4.69, 9.17) is 5.11 Å². The summed E-state index contributed by atoms with van der Waals surface area (Å²) in [6, 6.07) is 0. The van der Waals surface area contributed by atoms with Gasteiger partial charge < -0.3 is 5.11 Å². The lowest BCUT2D eigenvalue weighted by Crippen LogP contribution is -2.25. The van der Waals surface area contributed by atoms with E-state index in [9.17, 15) is 8.42 Å². The minimum absolute atomic E-state index is 0.302.